The number of nitrogens with one attached hydrogen (secondary N) is 2. The fourth-order valence-electron chi connectivity index (χ4n) is 3.44. The van der Waals surface area contributed by atoms with Crippen molar-refractivity contribution in [2.75, 3.05) is 19.0 Å². The van der Waals surface area contributed by atoms with Gasteiger partial charge in [-0.25, -0.2) is 0 Å². The van der Waals surface area contributed by atoms with Crippen LogP contribution in [0.25, 0.3) is 0 Å². The Morgan fingerprint density at radius 2 is 2.30 bits per heavy atom. The molecule has 0 spiro atoms. The van der Waals surface area contributed by atoms with Crippen molar-refractivity contribution in [1.29, 1.82) is 0 Å². The molecule has 1 aromatic carbocycles. The minimum atomic E-state index is -0.0385. The molecule has 3 atom stereocenters. The minimum Gasteiger partial charge on any atom is -0.496 e. The third-order valence-electron chi connectivity index (χ3n) is 4.45. The molecule has 5 heteroatoms. The molecule has 20 heavy (non-hydrogen) atoms. The topological polar surface area (TPSA) is 50.4 Å². The standard InChI is InChI=1S/C15H19BrN2O2/c1-20-13-6-5-10(7-12(13)16)18-15(19)14-11-4-2-3-9(11)8-17-14/h5-7,9,11,14,17H,2-4,8H2,1H3,(H,18,19). The second-order valence-electron chi connectivity index (χ2n) is 5.58. The fraction of sp³-hybridized carbons (Fsp3) is 0.533. The molecule has 1 aromatic rings. The van der Waals surface area contributed by atoms with Gasteiger partial charge in [0.15, 0.2) is 0 Å². The molecule has 0 radical (unpaired) electrons. The Labute approximate surface area is 127 Å². The molecule has 1 aliphatic carbocycles. The zero-order valence-electron chi connectivity index (χ0n) is 11.5. The number of carbonyl (C=O) groups excluding carboxylic acids is 1. The maximum absolute atomic E-state index is 12.4. The Kier molecular flexibility index (Phi) is 3.98. The van der Waals surface area contributed by atoms with Gasteiger partial charge in [-0.05, 0) is 65.4 Å². The highest BCUT2D eigenvalue weighted by atomic mass is 79.9. The number of rotatable bonds is 3. The maximum Gasteiger partial charge on any atom is 0.241 e. The first kappa shape index (κ1) is 13.9. The molecule has 108 valence electrons. The Bertz CT molecular complexity index is 521. The highest BCUT2D eigenvalue weighted by Crippen LogP contribution is 2.38. The number of carbonyl (C=O) groups is 1. The van der Waals surface area contributed by atoms with E-state index in [2.05, 4.69) is 26.6 Å². The summed E-state index contributed by atoms with van der Waals surface area (Å²) < 4.78 is 6.03. The fourth-order valence-corrected chi connectivity index (χ4v) is 3.98. The first-order valence-corrected chi connectivity index (χ1v) is 7.86. The molecule has 2 aliphatic rings. The van der Waals surface area contributed by atoms with Crippen molar-refractivity contribution < 1.29 is 9.53 Å². The van der Waals surface area contributed by atoms with E-state index in [-0.39, 0.29) is 11.9 Å². The van der Waals surface area contributed by atoms with Gasteiger partial charge < -0.3 is 15.4 Å². The van der Waals surface area contributed by atoms with Gasteiger partial charge in [-0.15, -0.1) is 0 Å². The van der Waals surface area contributed by atoms with E-state index >= 15 is 0 Å². The average molecular weight is 339 g/mol. The van der Waals surface area contributed by atoms with Crippen LogP contribution in [0.15, 0.2) is 22.7 Å². The lowest BCUT2D eigenvalue weighted by atomic mass is 9.93. The van der Waals surface area contributed by atoms with Crippen LogP contribution in [0.5, 0.6) is 5.75 Å². The zero-order valence-corrected chi connectivity index (χ0v) is 13.1. The Morgan fingerprint density at radius 1 is 1.45 bits per heavy atom. The lowest BCUT2D eigenvalue weighted by molar-refractivity contribution is -0.118. The second kappa shape index (κ2) is 5.74. The number of amides is 1. The van der Waals surface area contributed by atoms with Crippen LogP contribution in [-0.2, 0) is 4.79 Å². The van der Waals surface area contributed by atoms with Gasteiger partial charge in [-0.2, -0.15) is 0 Å². The summed E-state index contributed by atoms with van der Waals surface area (Å²) in [6.07, 6.45) is 3.69. The Balaban J connectivity index is 1.68. The van der Waals surface area contributed by atoms with Gasteiger partial charge in [-0.1, -0.05) is 6.42 Å². The number of benzene rings is 1. The van der Waals surface area contributed by atoms with Crippen molar-refractivity contribution in [3.05, 3.63) is 22.7 Å². The van der Waals surface area contributed by atoms with Crippen molar-refractivity contribution >= 4 is 27.5 Å². The number of methoxy groups -OCH3 is 1. The van der Waals surface area contributed by atoms with E-state index in [1.165, 1.54) is 19.3 Å². The summed E-state index contributed by atoms with van der Waals surface area (Å²) in [6, 6.07) is 5.55. The first-order chi connectivity index (χ1) is 9.69. The smallest absolute Gasteiger partial charge is 0.241 e. The molecule has 3 rings (SSSR count). The van der Waals surface area contributed by atoms with Crippen LogP contribution in [-0.4, -0.2) is 25.6 Å². The predicted molar refractivity (Wildman–Crippen MR) is 81.9 cm³/mol. The summed E-state index contributed by atoms with van der Waals surface area (Å²) in [5.41, 5.74) is 0.797. The third kappa shape index (κ3) is 2.56. The van der Waals surface area contributed by atoms with Crippen LogP contribution >= 0.6 is 15.9 Å². The number of anilines is 1. The molecule has 0 bridgehead atoms. The lowest BCUT2D eigenvalue weighted by Gasteiger charge is -2.18. The van der Waals surface area contributed by atoms with Gasteiger partial charge in [0.05, 0.1) is 17.6 Å². The summed E-state index contributed by atoms with van der Waals surface area (Å²) >= 11 is 3.43. The van der Waals surface area contributed by atoms with Crippen LogP contribution in [0.2, 0.25) is 0 Å². The van der Waals surface area contributed by atoms with Gasteiger partial charge in [0.1, 0.15) is 5.75 Å². The summed E-state index contributed by atoms with van der Waals surface area (Å²) in [7, 11) is 1.63. The molecule has 0 aromatic heterocycles. The quantitative estimate of drug-likeness (QED) is 0.890. The SMILES string of the molecule is COc1ccc(NC(=O)C2NCC3CCCC32)cc1Br. The Hall–Kier alpha value is -1.07. The third-order valence-corrected chi connectivity index (χ3v) is 5.07. The van der Waals surface area contributed by atoms with Gasteiger partial charge in [0.2, 0.25) is 5.91 Å². The molecule has 2 fully saturated rings. The highest BCUT2D eigenvalue weighted by molar-refractivity contribution is 9.10. The van der Waals surface area contributed by atoms with Crippen molar-refractivity contribution in [3.8, 4) is 5.75 Å². The molecule has 1 saturated heterocycles. The van der Waals surface area contributed by atoms with Crippen molar-refractivity contribution in [2.24, 2.45) is 11.8 Å². The van der Waals surface area contributed by atoms with Crippen LogP contribution in [0.3, 0.4) is 0 Å². The van der Waals surface area contributed by atoms with Gasteiger partial charge in [-0.3, -0.25) is 4.79 Å². The number of halogens is 1. The minimum absolute atomic E-state index is 0.0385. The van der Waals surface area contributed by atoms with E-state index in [0.29, 0.717) is 11.8 Å². The zero-order chi connectivity index (χ0) is 14.1. The number of hydrogen-bond donors (Lipinski definition) is 2. The van der Waals surface area contributed by atoms with E-state index in [1.807, 2.05) is 18.2 Å². The molecule has 4 nitrogen and oxygen atoms in total. The molecule has 1 heterocycles. The van der Waals surface area contributed by atoms with E-state index in [9.17, 15) is 4.79 Å². The van der Waals surface area contributed by atoms with E-state index in [0.717, 1.165) is 22.5 Å². The summed E-state index contributed by atoms with van der Waals surface area (Å²) in [5, 5.41) is 6.37. The van der Waals surface area contributed by atoms with Crippen molar-refractivity contribution in [2.45, 2.75) is 25.3 Å². The molecular weight excluding hydrogens is 320 g/mol. The normalized spacial score (nSPS) is 28.2. The summed E-state index contributed by atoms with van der Waals surface area (Å²) in [4.78, 5) is 12.4. The van der Waals surface area contributed by atoms with Gasteiger partial charge in [0.25, 0.3) is 0 Å². The van der Waals surface area contributed by atoms with Crippen LogP contribution in [0.1, 0.15) is 19.3 Å². The summed E-state index contributed by atoms with van der Waals surface area (Å²) in [5.74, 6) is 2.04. The molecule has 3 unspecified atom stereocenters. The van der Waals surface area contributed by atoms with Gasteiger partial charge in [0, 0.05) is 5.69 Å². The average Bonchev–Trinajstić information content (AvgIpc) is 3.00. The Morgan fingerprint density at radius 3 is 3.05 bits per heavy atom. The predicted octanol–water partition coefficient (Wildman–Crippen LogP) is 2.78. The molecular formula is C15H19BrN2O2. The maximum atomic E-state index is 12.4. The molecule has 1 saturated carbocycles. The number of fused-ring (bicyclic) bond motifs is 1. The van der Waals surface area contributed by atoms with E-state index in [1.54, 1.807) is 7.11 Å². The monoisotopic (exact) mass is 338 g/mol. The second-order valence-corrected chi connectivity index (χ2v) is 6.43. The number of ether oxygens (including phenoxy) is 1. The molecule has 2 N–H and O–H groups in total. The number of hydrogen-bond acceptors (Lipinski definition) is 3. The van der Waals surface area contributed by atoms with E-state index < -0.39 is 0 Å². The highest BCUT2D eigenvalue weighted by Gasteiger charge is 2.42. The van der Waals surface area contributed by atoms with Crippen molar-refractivity contribution in [3.63, 3.8) is 0 Å². The largest absolute Gasteiger partial charge is 0.496 e. The molecule has 1 aliphatic heterocycles. The molecule has 1 amide bonds. The van der Waals surface area contributed by atoms with Crippen LogP contribution < -0.4 is 15.4 Å². The van der Waals surface area contributed by atoms with Crippen molar-refractivity contribution in [1.82, 2.24) is 5.32 Å². The van der Waals surface area contributed by atoms with Crippen LogP contribution in [0, 0.1) is 11.8 Å². The van der Waals surface area contributed by atoms with E-state index in [4.69, 9.17) is 4.74 Å². The van der Waals surface area contributed by atoms with Gasteiger partial charge >= 0.3 is 0 Å². The lowest BCUT2D eigenvalue weighted by Crippen LogP contribution is -2.39. The van der Waals surface area contributed by atoms with Crippen LogP contribution in [0.4, 0.5) is 5.69 Å². The summed E-state index contributed by atoms with van der Waals surface area (Å²) in [6.45, 7) is 0.981. The first-order valence-electron chi connectivity index (χ1n) is 7.07.